The lowest BCUT2D eigenvalue weighted by Gasteiger charge is -2.32. The van der Waals surface area contributed by atoms with Crippen molar-refractivity contribution in [3.8, 4) is 0 Å². The summed E-state index contributed by atoms with van der Waals surface area (Å²) in [5.74, 6) is 0.635. The second-order valence-electron chi connectivity index (χ2n) is 11.0. The Balaban J connectivity index is 1.36. The fraction of sp³-hybridized carbons (Fsp3) is 0.433. The minimum atomic E-state index is -0.442. The Bertz CT molecular complexity index is 1230. The lowest BCUT2D eigenvalue weighted by atomic mass is 9.78. The van der Waals surface area contributed by atoms with Crippen molar-refractivity contribution in [1.82, 2.24) is 4.90 Å². The van der Waals surface area contributed by atoms with Crippen LogP contribution in [0.1, 0.15) is 74.9 Å². The van der Waals surface area contributed by atoms with Gasteiger partial charge in [0, 0.05) is 18.7 Å². The molecule has 2 heterocycles. The molecule has 2 saturated heterocycles. The highest BCUT2D eigenvalue weighted by atomic mass is 16.7. The van der Waals surface area contributed by atoms with E-state index in [1.807, 2.05) is 17.0 Å². The number of amides is 1. The predicted octanol–water partition coefficient (Wildman–Crippen LogP) is 5.72. The summed E-state index contributed by atoms with van der Waals surface area (Å²) in [4.78, 5) is 15.7. The van der Waals surface area contributed by atoms with Gasteiger partial charge in [-0.05, 0) is 86.3 Å². The number of hydrogen-bond donors (Lipinski definition) is 0. The van der Waals surface area contributed by atoms with Gasteiger partial charge in [0.05, 0.1) is 11.2 Å². The zero-order chi connectivity index (χ0) is 24.8. The number of rotatable bonds is 4. The quantitative estimate of drug-likeness (QED) is 0.459. The smallest absolute Gasteiger partial charge is 0.399 e. The zero-order valence-electron chi connectivity index (χ0n) is 21.6. The van der Waals surface area contributed by atoms with Gasteiger partial charge in [-0.15, -0.1) is 0 Å². The maximum absolute atomic E-state index is 13.7. The van der Waals surface area contributed by atoms with Crippen molar-refractivity contribution in [2.45, 2.75) is 71.0 Å². The van der Waals surface area contributed by atoms with Gasteiger partial charge in [-0.1, -0.05) is 61.5 Å². The Morgan fingerprint density at radius 2 is 1.63 bits per heavy atom. The second-order valence-corrected chi connectivity index (χ2v) is 11.0. The third-order valence-corrected chi connectivity index (χ3v) is 8.27. The Labute approximate surface area is 209 Å². The van der Waals surface area contributed by atoms with Gasteiger partial charge in [-0.25, -0.2) is 0 Å². The largest absolute Gasteiger partial charge is 0.494 e. The van der Waals surface area contributed by atoms with E-state index < -0.39 is 18.3 Å². The van der Waals surface area contributed by atoms with E-state index in [2.05, 4.69) is 83.1 Å². The van der Waals surface area contributed by atoms with Crippen LogP contribution in [0.25, 0.3) is 10.8 Å². The molecule has 0 atom stereocenters. The minimum Gasteiger partial charge on any atom is -0.399 e. The van der Waals surface area contributed by atoms with Gasteiger partial charge in [0.2, 0.25) is 0 Å². The van der Waals surface area contributed by atoms with Gasteiger partial charge < -0.3 is 14.2 Å². The SMILES string of the molecule is CCc1cccc(C2CCN(C(=O)c3cccc4ccc(B5OC(C)(C)C(C)(C)O5)cc34)CC2)c1. The van der Waals surface area contributed by atoms with Crippen molar-refractivity contribution in [2.75, 3.05) is 13.1 Å². The normalized spacial score (nSPS) is 19.9. The van der Waals surface area contributed by atoms with E-state index in [4.69, 9.17) is 9.31 Å². The van der Waals surface area contributed by atoms with E-state index in [9.17, 15) is 4.79 Å². The van der Waals surface area contributed by atoms with Crippen LogP contribution in [0.15, 0.2) is 60.7 Å². The van der Waals surface area contributed by atoms with Crippen molar-refractivity contribution in [1.29, 1.82) is 0 Å². The number of likely N-dealkylation sites (tertiary alicyclic amines) is 1. The molecule has 3 aromatic carbocycles. The summed E-state index contributed by atoms with van der Waals surface area (Å²) >= 11 is 0. The van der Waals surface area contributed by atoms with Gasteiger partial charge in [0.15, 0.2) is 0 Å². The third kappa shape index (κ3) is 4.52. The molecule has 3 aromatic rings. The molecule has 0 aromatic heterocycles. The molecule has 0 unspecified atom stereocenters. The molecule has 0 aliphatic carbocycles. The van der Waals surface area contributed by atoms with E-state index in [0.717, 1.165) is 54.2 Å². The second kappa shape index (κ2) is 9.11. The van der Waals surface area contributed by atoms with Crippen LogP contribution >= 0.6 is 0 Å². The lowest BCUT2D eigenvalue weighted by molar-refractivity contribution is 0.00578. The van der Waals surface area contributed by atoms with Crippen LogP contribution in [0.3, 0.4) is 0 Å². The number of nitrogens with zero attached hydrogens (tertiary/aromatic N) is 1. The number of carbonyl (C=O) groups excluding carboxylic acids is 1. The van der Waals surface area contributed by atoms with E-state index in [1.165, 1.54) is 11.1 Å². The summed E-state index contributed by atoms with van der Waals surface area (Å²) in [6.45, 7) is 12.0. The maximum Gasteiger partial charge on any atom is 0.494 e. The summed E-state index contributed by atoms with van der Waals surface area (Å²) in [5.41, 5.74) is 3.70. The Hall–Kier alpha value is -2.63. The third-order valence-electron chi connectivity index (χ3n) is 8.27. The topological polar surface area (TPSA) is 38.8 Å². The highest BCUT2D eigenvalue weighted by Crippen LogP contribution is 2.37. The van der Waals surface area contributed by atoms with Crippen molar-refractivity contribution in [3.63, 3.8) is 0 Å². The fourth-order valence-electron chi connectivity index (χ4n) is 5.26. The molecule has 0 radical (unpaired) electrons. The number of benzene rings is 3. The molecule has 35 heavy (non-hydrogen) atoms. The van der Waals surface area contributed by atoms with Crippen LogP contribution < -0.4 is 5.46 Å². The maximum atomic E-state index is 13.7. The van der Waals surface area contributed by atoms with Gasteiger partial charge >= 0.3 is 7.12 Å². The average Bonchev–Trinajstić information content (AvgIpc) is 3.09. The van der Waals surface area contributed by atoms with Gasteiger partial charge in [-0.3, -0.25) is 4.79 Å². The number of piperidine rings is 1. The van der Waals surface area contributed by atoms with Crippen LogP contribution in [0.5, 0.6) is 0 Å². The first-order valence-corrected chi connectivity index (χ1v) is 12.9. The Morgan fingerprint density at radius 1 is 0.943 bits per heavy atom. The number of carbonyl (C=O) groups is 1. The Morgan fingerprint density at radius 3 is 2.31 bits per heavy atom. The standard InChI is InChI=1S/C30H36BNO3/c1-6-21-9-7-11-24(19-21)22-15-17-32(18-16-22)28(33)26-12-8-10-23-13-14-25(20-27(23)26)31-34-29(2,3)30(4,5)35-31/h7-14,19-20,22H,6,15-18H2,1-5H3. The van der Waals surface area contributed by atoms with Crippen LogP contribution in [-0.2, 0) is 15.7 Å². The highest BCUT2D eigenvalue weighted by Gasteiger charge is 2.51. The summed E-state index contributed by atoms with van der Waals surface area (Å²) in [6.07, 6.45) is 3.06. The molecule has 0 spiro atoms. The summed E-state index contributed by atoms with van der Waals surface area (Å²) in [6, 6.07) is 21.1. The minimum absolute atomic E-state index is 0.113. The summed E-state index contributed by atoms with van der Waals surface area (Å²) in [7, 11) is -0.442. The molecule has 5 rings (SSSR count). The number of hydrogen-bond acceptors (Lipinski definition) is 3. The van der Waals surface area contributed by atoms with Crippen molar-refractivity contribution < 1.29 is 14.1 Å². The van der Waals surface area contributed by atoms with Crippen LogP contribution in [0.4, 0.5) is 0 Å². The van der Waals surface area contributed by atoms with Crippen molar-refractivity contribution >= 4 is 29.3 Å². The highest BCUT2D eigenvalue weighted by molar-refractivity contribution is 6.62. The first-order chi connectivity index (χ1) is 16.7. The molecule has 2 aliphatic rings. The molecule has 1 amide bonds. The molecule has 182 valence electrons. The molecule has 5 heteroatoms. The molecular weight excluding hydrogens is 433 g/mol. The van der Waals surface area contributed by atoms with Crippen molar-refractivity contribution in [2.24, 2.45) is 0 Å². The van der Waals surface area contributed by atoms with Gasteiger partial charge in [-0.2, -0.15) is 0 Å². The van der Waals surface area contributed by atoms with Crippen LogP contribution in [0.2, 0.25) is 0 Å². The molecule has 4 nitrogen and oxygen atoms in total. The monoisotopic (exact) mass is 469 g/mol. The molecule has 0 bridgehead atoms. The first kappa shape index (κ1) is 24.1. The zero-order valence-corrected chi connectivity index (χ0v) is 21.6. The molecule has 2 fully saturated rings. The summed E-state index contributed by atoms with van der Waals surface area (Å²) in [5, 5.41) is 2.02. The molecule has 2 aliphatic heterocycles. The average molecular weight is 469 g/mol. The summed E-state index contributed by atoms with van der Waals surface area (Å²) < 4.78 is 12.5. The van der Waals surface area contributed by atoms with E-state index in [0.29, 0.717) is 5.92 Å². The van der Waals surface area contributed by atoms with Crippen LogP contribution in [-0.4, -0.2) is 42.2 Å². The fourth-order valence-corrected chi connectivity index (χ4v) is 5.26. The number of aryl methyl sites for hydroxylation is 1. The number of fused-ring (bicyclic) bond motifs is 1. The lowest BCUT2D eigenvalue weighted by Crippen LogP contribution is -2.41. The molecule has 0 N–H and O–H groups in total. The first-order valence-electron chi connectivity index (χ1n) is 12.9. The molecular formula is C30H36BNO3. The predicted molar refractivity (Wildman–Crippen MR) is 143 cm³/mol. The van der Waals surface area contributed by atoms with E-state index in [1.54, 1.807) is 0 Å². The van der Waals surface area contributed by atoms with Crippen LogP contribution in [0, 0.1) is 0 Å². The molecule has 0 saturated carbocycles. The van der Waals surface area contributed by atoms with E-state index in [-0.39, 0.29) is 5.91 Å². The Kier molecular flexibility index (Phi) is 6.27. The van der Waals surface area contributed by atoms with Crippen molar-refractivity contribution in [3.05, 3.63) is 77.4 Å². The van der Waals surface area contributed by atoms with Gasteiger partial charge in [0.1, 0.15) is 0 Å². The van der Waals surface area contributed by atoms with Gasteiger partial charge in [0.25, 0.3) is 5.91 Å². The van der Waals surface area contributed by atoms with E-state index >= 15 is 0 Å².